The highest BCUT2D eigenvalue weighted by Gasteiger charge is 2.14. The molecule has 0 saturated carbocycles. The van der Waals surface area contributed by atoms with Gasteiger partial charge >= 0.3 is 0 Å². The van der Waals surface area contributed by atoms with E-state index in [-0.39, 0.29) is 18.4 Å². The van der Waals surface area contributed by atoms with Gasteiger partial charge in [-0.15, -0.1) is 11.3 Å². The van der Waals surface area contributed by atoms with Crippen LogP contribution >= 0.6 is 22.9 Å². The number of carbonyl (C=O) groups excluding carboxylic acids is 1. The molecule has 0 saturated heterocycles. The van der Waals surface area contributed by atoms with E-state index in [4.69, 9.17) is 23.2 Å². The van der Waals surface area contributed by atoms with Crippen LogP contribution in [0.5, 0.6) is 0 Å². The van der Waals surface area contributed by atoms with Crippen molar-refractivity contribution in [1.29, 1.82) is 0 Å². The fourth-order valence-corrected chi connectivity index (χ4v) is 2.02. The predicted molar refractivity (Wildman–Crippen MR) is 57.8 cm³/mol. The quantitative estimate of drug-likeness (QED) is 0.467. The van der Waals surface area contributed by atoms with Crippen molar-refractivity contribution < 1.29 is 4.79 Å². The second kappa shape index (κ2) is 4.75. The first-order valence-electron chi connectivity index (χ1n) is 4.02. The van der Waals surface area contributed by atoms with Gasteiger partial charge in [0.2, 0.25) is 5.91 Å². The van der Waals surface area contributed by atoms with Gasteiger partial charge in [0.1, 0.15) is 0 Å². The van der Waals surface area contributed by atoms with Gasteiger partial charge in [-0.3, -0.25) is 9.80 Å². The molecule has 1 unspecified atom stereocenters. The van der Waals surface area contributed by atoms with Crippen LogP contribution in [0.3, 0.4) is 0 Å². The standard InChI is InChI=1S/C8H12ClN3OS/c1-12(11)8(13)4-5(10)6-2-3-7(9)14-6/h2-3,5H,4,10-11H2,1H3. The molecular formula is C8H12ClN3OS. The van der Waals surface area contributed by atoms with E-state index < -0.39 is 0 Å². The summed E-state index contributed by atoms with van der Waals surface area (Å²) in [7, 11) is 1.50. The number of amides is 1. The Bertz CT molecular complexity index is 326. The van der Waals surface area contributed by atoms with Crippen LogP contribution in [-0.4, -0.2) is 18.0 Å². The lowest BCUT2D eigenvalue weighted by Crippen LogP contribution is -2.35. The Morgan fingerprint density at radius 1 is 1.71 bits per heavy atom. The van der Waals surface area contributed by atoms with Crippen molar-refractivity contribution in [3.05, 3.63) is 21.3 Å². The Balaban J connectivity index is 2.59. The van der Waals surface area contributed by atoms with Crippen LogP contribution in [0.1, 0.15) is 17.3 Å². The lowest BCUT2D eigenvalue weighted by Gasteiger charge is -2.13. The number of hydrazine groups is 1. The molecule has 4 nitrogen and oxygen atoms in total. The van der Waals surface area contributed by atoms with Crippen molar-refractivity contribution in [2.24, 2.45) is 11.6 Å². The van der Waals surface area contributed by atoms with Crippen molar-refractivity contribution in [3.8, 4) is 0 Å². The molecule has 0 fully saturated rings. The van der Waals surface area contributed by atoms with Crippen molar-refractivity contribution >= 4 is 28.8 Å². The topological polar surface area (TPSA) is 72.3 Å². The molecule has 0 aliphatic rings. The Morgan fingerprint density at radius 2 is 2.36 bits per heavy atom. The van der Waals surface area contributed by atoms with E-state index >= 15 is 0 Å². The summed E-state index contributed by atoms with van der Waals surface area (Å²) in [5, 5.41) is 1.04. The zero-order chi connectivity index (χ0) is 10.7. The summed E-state index contributed by atoms with van der Waals surface area (Å²) >= 11 is 7.12. The van der Waals surface area contributed by atoms with Crippen LogP contribution in [0.15, 0.2) is 12.1 Å². The van der Waals surface area contributed by atoms with Gasteiger partial charge < -0.3 is 5.73 Å². The molecule has 0 aliphatic heterocycles. The van der Waals surface area contributed by atoms with Gasteiger partial charge in [0, 0.05) is 24.4 Å². The van der Waals surface area contributed by atoms with Crippen LogP contribution in [0.25, 0.3) is 0 Å². The number of hydrogen-bond donors (Lipinski definition) is 2. The molecular weight excluding hydrogens is 222 g/mol. The predicted octanol–water partition coefficient (Wildman–Crippen LogP) is 1.12. The van der Waals surface area contributed by atoms with Crippen LogP contribution in [0.4, 0.5) is 0 Å². The second-order valence-electron chi connectivity index (χ2n) is 2.96. The zero-order valence-corrected chi connectivity index (χ0v) is 9.31. The maximum absolute atomic E-state index is 11.2. The Labute approximate surface area is 91.4 Å². The first kappa shape index (κ1) is 11.5. The van der Waals surface area contributed by atoms with Crippen molar-refractivity contribution in [2.75, 3.05) is 7.05 Å². The summed E-state index contributed by atoms with van der Waals surface area (Å²) in [5.41, 5.74) is 5.80. The van der Waals surface area contributed by atoms with Crippen LogP contribution in [0.2, 0.25) is 4.34 Å². The molecule has 4 N–H and O–H groups in total. The lowest BCUT2D eigenvalue weighted by atomic mass is 10.2. The summed E-state index contributed by atoms with van der Waals surface area (Å²) < 4.78 is 0.670. The van der Waals surface area contributed by atoms with E-state index in [9.17, 15) is 4.79 Å². The number of thiophene rings is 1. The third-order valence-corrected chi connectivity index (χ3v) is 3.11. The van der Waals surface area contributed by atoms with Gasteiger partial charge in [-0.05, 0) is 12.1 Å². The van der Waals surface area contributed by atoms with E-state index in [1.54, 1.807) is 6.07 Å². The van der Waals surface area contributed by atoms with Crippen LogP contribution in [0, 0.1) is 0 Å². The van der Waals surface area contributed by atoms with E-state index in [1.165, 1.54) is 18.4 Å². The smallest absolute Gasteiger partial charge is 0.238 e. The molecule has 78 valence electrons. The molecule has 1 atom stereocenters. The van der Waals surface area contributed by atoms with Crippen molar-refractivity contribution in [3.63, 3.8) is 0 Å². The summed E-state index contributed by atoms with van der Waals surface area (Å²) in [4.78, 5) is 12.1. The Hall–Kier alpha value is -0.620. The molecule has 1 amide bonds. The first-order valence-corrected chi connectivity index (χ1v) is 5.22. The summed E-state index contributed by atoms with van der Waals surface area (Å²) in [6.45, 7) is 0. The highest BCUT2D eigenvalue weighted by atomic mass is 35.5. The largest absolute Gasteiger partial charge is 0.323 e. The summed E-state index contributed by atoms with van der Waals surface area (Å²) in [6.07, 6.45) is 0.198. The number of carbonyl (C=O) groups is 1. The van der Waals surface area contributed by atoms with Gasteiger partial charge in [0.25, 0.3) is 0 Å². The lowest BCUT2D eigenvalue weighted by molar-refractivity contribution is -0.130. The van der Waals surface area contributed by atoms with Crippen molar-refractivity contribution in [2.45, 2.75) is 12.5 Å². The fourth-order valence-electron chi connectivity index (χ4n) is 0.960. The maximum Gasteiger partial charge on any atom is 0.238 e. The average Bonchev–Trinajstić information content (AvgIpc) is 2.51. The Morgan fingerprint density at radius 3 is 2.79 bits per heavy atom. The second-order valence-corrected chi connectivity index (χ2v) is 4.70. The van der Waals surface area contributed by atoms with Gasteiger partial charge in [-0.2, -0.15) is 0 Å². The van der Waals surface area contributed by atoms with Crippen molar-refractivity contribution in [1.82, 2.24) is 5.01 Å². The Kier molecular flexibility index (Phi) is 3.88. The zero-order valence-electron chi connectivity index (χ0n) is 7.74. The minimum absolute atomic E-state index is 0.193. The number of nitrogens with zero attached hydrogens (tertiary/aromatic N) is 1. The molecule has 1 aromatic rings. The molecule has 6 heteroatoms. The van der Waals surface area contributed by atoms with E-state index in [1.807, 2.05) is 6.07 Å². The number of halogens is 1. The minimum atomic E-state index is -0.328. The monoisotopic (exact) mass is 233 g/mol. The van der Waals surface area contributed by atoms with Gasteiger partial charge in [0.15, 0.2) is 0 Å². The SMILES string of the molecule is CN(N)C(=O)CC(N)c1ccc(Cl)s1. The molecule has 0 aromatic carbocycles. The molecule has 1 rings (SSSR count). The number of rotatable bonds is 3. The molecule has 1 aromatic heterocycles. The van der Waals surface area contributed by atoms with E-state index in [2.05, 4.69) is 0 Å². The normalized spacial score (nSPS) is 12.6. The first-order chi connectivity index (χ1) is 6.50. The summed E-state index contributed by atoms with van der Waals surface area (Å²) in [5.74, 6) is 5.08. The molecule has 0 spiro atoms. The van der Waals surface area contributed by atoms with E-state index in [0.717, 1.165) is 9.89 Å². The van der Waals surface area contributed by atoms with Crippen LogP contribution < -0.4 is 11.6 Å². The number of nitrogens with two attached hydrogens (primary N) is 2. The fraction of sp³-hybridized carbons (Fsp3) is 0.375. The minimum Gasteiger partial charge on any atom is -0.323 e. The third-order valence-electron chi connectivity index (χ3n) is 1.75. The van der Waals surface area contributed by atoms with E-state index in [0.29, 0.717) is 4.34 Å². The third kappa shape index (κ3) is 2.95. The van der Waals surface area contributed by atoms with Crippen LogP contribution in [-0.2, 0) is 4.79 Å². The molecule has 0 aliphatic carbocycles. The molecule has 0 radical (unpaired) electrons. The van der Waals surface area contributed by atoms with Gasteiger partial charge in [0.05, 0.1) is 4.34 Å². The van der Waals surface area contributed by atoms with Gasteiger partial charge in [-0.25, -0.2) is 5.84 Å². The number of hydrogen-bond acceptors (Lipinski definition) is 4. The molecule has 14 heavy (non-hydrogen) atoms. The molecule has 0 bridgehead atoms. The highest BCUT2D eigenvalue weighted by molar-refractivity contribution is 7.16. The van der Waals surface area contributed by atoms with Gasteiger partial charge in [-0.1, -0.05) is 11.6 Å². The summed E-state index contributed by atoms with van der Waals surface area (Å²) in [6, 6.07) is 3.26. The highest BCUT2D eigenvalue weighted by Crippen LogP contribution is 2.27. The maximum atomic E-state index is 11.2. The molecule has 1 heterocycles. The average molecular weight is 234 g/mol.